The molecule has 1 unspecified atom stereocenters. The number of nitrogens with zero attached hydrogens (tertiary/aromatic N) is 1. The van der Waals surface area contributed by atoms with Crippen LogP contribution in [0.5, 0.6) is 0 Å². The van der Waals surface area contributed by atoms with Crippen LogP contribution in [0.3, 0.4) is 0 Å². The predicted octanol–water partition coefficient (Wildman–Crippen LogP) is 1.08. The van der Waals surface area contributed by atoms with Crippen molar-refractivity contribution in [3.8, 4) is 0 Å². The first kappa shape index (κ1) is 10.2. The number of hydrogen-bond donors (Lipinski definition) is 2. The Morgan fingerprint density at radius 2 is 1.92 bits per heavy atom. The van der Waals surface area contributed by atoms with Crippen LogP contribution in [-0.2, 0) is 0 Å². The fourth-order valence-electron chi connectivity index (χ4n) is 1.54. The fourth-order valence-corrected chi connectivity index (χ4v) is 1.54. The summed E-state index contributed by atoms with van der Waals surface area (Å²) in [7, 11) is 0. The summed E-state index contributed by atoms with van der Waals surface area (Å²) in [5.74, 6) is 0. The third-order valence-corrected chi connectivity index (χ3v) is 2.16. The van der Waals surface area contributed by atoms with Gasteiger partial charge in [0.1, 0.15) is 0 Å². The first-order chi connectivity index (χ1) is 6.16. The summed E-state index contributed by atoms with van der Waals surface area (Å²) in [6.45, 7) is 4.41. The van der Waals surface area contributed by atoms with Gasteiger partial charge in [-0.05, 0) is 43.5 Å². The van der Waals surface area contributed by atoms with Gasteiger partial charge in [0.25, 0.3) is 0 Å². The largest absolute Gasteiger partial charge is 0.388 e. The SMILES string of the molecule is Cc1cncc(C)c1C(O)CCN. The van der Waals surface area contributed by atoms with Gasteiger partial charge in [0.05, 0.1) is 6.10 Å². The van der Waals surface area contributed by atoms with Crippen molar-refractivity contribution in [2.45, 2.75) is 26.4 Å². The molecule has 1 heterocycles. The normalized spacial score (nSPS) is 12.9. The number of aliphatic hydroxyl groups is 1. The lowest BCUT2D eigenvalue weighted by Gasteiger charge is -2.14. The Bertz CT molecular complexity index is 266. The minimum absolute atomic E-state index is 0.451. The molecule has 3 nitrogen and oxygen atoms in total. The zero-order chi connectivity index (χ0) is 9.84. The molecular formula is C10H16N2O. The molecule has 72 valence electrons. The van der Waals surface area contributed by atoms with Crippen LogP contribution in [0.25, 0.3) is 0 Å². The Hall–Kier alpha value is -0.930. The van der Waals surface area contributed by atoms with Crippen LogP contribution in [0.2, 0.25) is 0 Å². The van der Waals surface area contributed by atoms with E-state index in [2.05, 4.69) is 4.98 Å². The van der Waals surface area contributed by atoms with E-state index in [0.29, 0.717) is 13.0 Å². The Balaban J connectivity index is 2.98. The predicted molar refractivity (Wildman–Crippen MR) is 52.3 cm³/mol. The molecule has 0 fully saturated rings. The lowest BCUT2D eigenvalue weighted by molar-refractivity contribution is 0.169. The summed E-state index contributed by atoms with van der Waals surface area (Å²) in [4.78, 5) is 4.04. The Kier molecular flexibility index (Phi) is 3.39. The molecule has 1 atom stereocenters. The highest BCUT2D eigenvalue weighted by Crippen LogP contribution is 2.22. The number of rotatable bonds is 3. The van der Waals surface area contributed by atoms with E-state index < -0.39 is 6.10 Å². The minimum atomic E-state index is -0.451. The molecule has 0 spiro atoms. The average molecular weight is 180 g/mol. The summed E-state index contributed by atoms with van der Waals surface area (Å²) in [6, 6.07) is 0. The van der Waals surface area contributed by atoms with Crippen molar-refractivity contribution < 1.29 is 5.11 Å². The molecule has 0 saturated carbocycles. The molecule has 3 N–H and O–H groups in total. The van der Waals surface area contributed by atoms with Crippen LogP contribution >= 0.6 is 0 Å². The zero-order valence-electron chi connectivity index (χ0n) is 8.12. The maximum absolute atomic E-state index is 9.77. The van der Waals surface area contributed by atoms with Gasteiger partial charge < -0.3 is 10.8 Å². The molecule has 1 rings (SSSR count). The van der Waals surface area contributed by atoms with Crippen molar-refractivity contribution in [3.63, 3.8) is 0 Å². The van der Waals surface area contributed by atoms with Gasteiger partial charge in [-0.3, -0.25) is 4.98 Å². The van der Waals surface area contributed by atoms with Gasteiger partial charge in [0.2, 0.25) is 0 Å². The number of aromatic nitrogens is 1. The third-order valence-electron chi connectivity index (χ3n) is 2.16. The maximum Gasteiger partial charge on any atom is 0.0808 e. The number of aryl methyl sites for hydroxylation is 2. The van der Waals surface area contributed by atoms with E-state index in [0.717, 1.165) is 16.7 Å². The minimum Gasteiger partial charge on any atom is -0.388 e. The highest BCUT2D eigenvalue weighted by molar-refractivity contribution is 5.31. The maximum atomic E-state index is 9.77. The number of pyridine rings is 1. The van der Waals surface area contributed by atoms with Gasteiger partial charge in [-0.1, -0.05) is 0 Å². The molecule has 3 heteroatoms. The second kappa shape index (κ2) is 4.35. The Morgan fingerprint density at radius 1 is 1.38 bits per heavy atom. The van der Waals surface area contributed by atoms with Crippen molar-refractivity contribution in [2.24, 2.45) is 5.73 Å². The van der Waals surface area contributed by atoms with Gasteiger partial charge in [0, 0.05) is 12.4 Å². The molecular weight excluding hydrogens is 164 g/mol. The van der Waals surface area contributed by atoms with Crippen LogP contribution in [-0.4, -0.2) is 16.6 Å². The standard InChI is InChI=1S/C10H16N2O/c1-7-5-12-6-8(2)10(7)9(13)3-4-11/h5-6,9,13H,3-4,11H2,1-2H3. The van der Waals surface area contributed by atoms with E-state index in [-0.39, 0.29) is 0 Å². The first-order valence-electron chi connectivity index (χ1n) is 4.46. The molecule has 1 aromatic rings. The van der Waals surface area contributed by atoms with E-state index in [1.807, 2.05) is 13.8 Å². The van der Waals surface area contributed by atoms with Crippen LogP contribution < -0.4 is 5.73 Å². The van der Waals surface area contributed by atoms with Gasteiger partial charge in [-0.15, -0.1) is 0 Å². The third kappa shape index (κ3) is 2.26. The molecule has 1 aromatic heterocycles. The van der Waals surface area contributed by atoms with Crippen LogP contribution in [0.4, 0.5) is 0 Å². The molecule has 0 aliphatic carbocycles. The lowest BCUT2D eigenvalue weighted by Crippen LogP contribution is -2.09. The molecule has 0 aliphatic rings. The molecule has 0 amide bonds. The molecule has 13 heavy (non-hydrogen) atoms. The van der Waals surface area contributed by atoms with Gasteiger partial charge in [-0.25, -0.2) is 0 Å². The van der Waals surface area contributed by atoms with E-state index >= 15 is 0 Å². The quantitative estimate of drug-likeness (QED) is 0.731. The number of hydrogen-bond acceptors (Lipinski definition) is 3. The van der Waals surface area contributed by atoms with E-state index in [9.17, 15) is 5.11 Å². The zero-order valence-corrected chi connectivity index (χ0v) is 8.12. The van der Waals surface area contributed by atoms with Crippen molar-refractivity contribution in [1.82, 2.24) is 4.98 Å². The molecule has 0 bridgehead atoms. The van der Waals surface area contributed by atoms with Crippen LogP contribution in [0, 0.1) is 13.8 Å². The smallest absolute Gasteiger partial charge is 0.0808 e. The highest BCUT2D eigenvalue weighted by Gasteiger charge is 2.11. The number of aliphatic hydroxyl groups excluding tert-OH is 1. The van der Waals surface area contributed by atoms with Crippen LogP contribution in [0.15, 0.2) is 12.4 Å². The van der Waals surface area contributed by atoms with E-state index in [1.165, 1.54) is 0 Å². The Labute approximate surface area is 78.6 Å². The van der Waals surface area contributed by atoms with Gasteiger partial charge in [0.15, 0.2) is 0 Å². The topological polar surface area (TPSA) is 59.1 Å². The Morgan fingerprint density at radius 3 is 2.38 bits per heavy atom. The van der Waals surface area contributed by atoms with Crippen molar-refractivity contribution >= 4 is 0 Å². The second-order valence-electron chi connectivity index (χ2n) is 3.28. The molecule has 0 saturated heterocycles. The summed E-state index contributed by atoms with van der Waals surface area (Å²) in [5.41, 5.74) is 8.42. The summed E-state index contributed by atoms with van der Waals surface area (Å²) in [6.07, 6.45) is 3.68. The van der Waals surface area contributed by atoms with Gasteiger partial charge >= 0.3 is 0 Å². The summed E-state index contributed by atoms with van der Waals surface area (Å²) in [5, 5.41) is 9.77. The van der Waals surface area contributed by atoms with Crippen molar-refractivity contribution in [2.75, 3.05) is 6.54 Å². The molecule has 0 aliphatic heterocycles. The highest BCUT2D eigenvalue weighted by atomic mass is 16.3. The van der Waals surface area contributed by atoms with Crippen molar-refractivity contribution in [3.05, 3.63) is 29.1 Å². The van der Waals surface area contributed by atoms with E-state index in [4.69, 9.17) is 5.73 Å². The molecule has 0 aromatic carbocycles. The summed E-state index contributed by atoms with van der Waals surface area (Å²) >= 11 is 0. The fraction of sp³-hybridized carbons (Fsp3) is 0.500. The first-order valence-corrected chi connectivity index (χ1v) is 4.46. The lowest BCUT2D eigenvalue weighted by atomic mass is 9.99. The summed E-state index contributed by atoms with van der Waals surface area (Å²) < 4.78 is 0. The van der Waals surface area contributed by atoms with Crippen LogP contribution in [0.1, 0.15) is 29.2 Å². The monoisotopic (exact) mass is 180 g/mol. The average Bonchev–Trinajstić information content (AvgIpc) is 2.04. The molecule has 0 radical (unpaired) electrons. The van der Waals surface area contributed by atoms with Gasteiger partial charge in [-0.2, -0.15) is 0 Å². The second-order valence-corrected chi connectivity index (χ2v) is 3.28. The van der Waals surface area contributed by atoms with Crippen molar-refractivity contribution in [1.29, 1.82) is 0 Å². The number of nitrogens with two attached hydrogens (primary N) is 1. The van der Waals surface area contributed by atoms with E-state index in [1.54, 1.807) is 12.4 Å².